The number of carbonyl (C=O) groups excluding carboxylic acids is 1. The van der Waals surface area contributed by atoms with Crippen LogP contribution in [0, 0.1) is 5.92 Å². The Morgan fingerprint density at radius 1 is 1.21 bits per heavy atom. The Kier molecular flexibility index (Phi) is 6.02. The molecule has 0 bridgehead atoms. The maximum atomic E-state index is 11.9. The summed E-state index contributed by atoms with van der Waals surface area (Å²) >= 11 is 0. The van der Waals surface area contributed by atoms with Gasteiger partial charge >= 0.3 is 5.97 Å². The fraction of sp³-hybridized carbons (Fsp3) is 0.714. The minimum absolute atomic E-state index is 0.0631. The van der Waals surface area contributed by atoms with Gasteiger partial charge in [-0.25, -0.2) is 0 Å². The average Bonchev–Trinajstić information content (AvgIpc) is 2.53. The van der Waals surface area contributed by atoms with E-state index in [4.69, 9.17) is 5.11 Å². The number of rotatable bonds is 4. The zero-order valence-corrected chi connectivity index (χ0v) is 12.1. The highest BCUT2D eigenvalue weighted by Crippen LogP contribution is 2.08. The van der Waals surface area contributed by atoms with Crippen LogP contribution in [0.2, 0.25) is 0 Å². The second-order valence-electron chi connectivity index (χ2n) is 5.44. The first-order valence-corrected chi connectivity index (χ1v) is 6.79. The number of carbonyl (C=O) groups is 2. The van der Waals surface area contributed by atoms with Crippen LogP contribution < -0.4 is 0 Å². The van der Waals surface area contributed by atoms with Crippen LogP contribution >= 0.6 is 0 Å². The van der Waals surface area contributed by atoms with E-state index in [1.807, 2.05) is 18.7 Å². The Balaban J connectivity index is 2.50. The van der Waals surface area contributed by atoms with Gasteiger partial charge in [-0.2, -0.15) is 0 Å². The summed E-state index contributed by atoms with van der Waals surface area (Å²) < 4.78 is 0. The maximum absolute atomic E-state index is 11.9. The van der Waals surface area contributed by atoms with E-state index < -0.39 is 5.97 Å². The van der Waals surface area contributed by atoms with Gasteiger partial charge in [0.1, 0.15) is 0 Å². The van der Waals surface area contributed by atoms with Crippen molar-refractivity contribution < 1.29 is 14.7 Å². The third kappa shape index (κ3) is 5.42. The summed E-state index contributed by atoms with van der Waals surface area (Å²) in [4.78, 5) is 26.8. The zero-order valence-electron chi connectivity index (χ0n) is 12.1. The molecule has 1 heterocycles. The van der Waals surface area contributed by atoms with Crippen LogP contribution in [0.5, 0.6) is 0 Å². The lowest BCUT2D eigenvalue weighted by Gasteiger charge is -2.22. The van der Waals surface area contributed by atoms with Crippen molar-refractivity contribution in [2.75, 3.05) is 32.7 Å². The Morgan fingerprint density at radius 2 is 1.89 bits per heavy atom. The predicted octanol–water partition coefficient (Wildman–Crippen LogP) is 1.21. The van der Waals surface area contributed by atoms with Crippen LogP contribution in [0.4, 0.5) is 0 Å². The molecule has 0 spiro atoms. The van der Waals surface area contributed by atoms with Crippen LogP contribution in [0.25, 0.3) is 0 Å². The van der Waals surface area contributed by atoms with Gasteiger partial charge in [0.2, 0.25) is 5.91 Å². The summed E-state index contributed by atoms with van der Waals surface area (Å²) in [5, 5.41) is 8.92. The van der Waals surface area contributed by atoms with Crippen molar-refractivity contribution in [3.8, 4) is 0 Å². The minimum Gasteiger partial charge on any atom is -0.481 e. The predicted molar refractivity (Wildman–Crippen MR) is 73.9 cm³/mol. The molecule has 1 unspecified atom stereocenters. The van der Waals surface area contributed by atoms with E-state index >= 15 is 0 Å². The number of hydrogen-bond acceptors (Lipinski definition) is 3. The van der Waals surface area contributed by atoms with Gasteiger partial charge in [0.25, 0.3) is 0 Å². The highest BCUT2D eigenvalue weighted by atomic mass is 16.4. The lowest BCUT2D eigenvalue weighted by atomic mass is 10.1. The summed E-state index contributed by atoms with van der Waals surface area (Å²) in [5.74, 6) is -1.06. The van der Waals surface area contributed by atoms with E-state index in [9.17, 15) is 9.59 Å². The van der Waals surface area contributed by atoms with Gasteiger partial charge < -0.3 is 14.9 Å². The number of aliphatic carboxylic acids is 1. The van der Waals surface area contributed by atoms with Crippen molar-refractivity contribution in [3.63, 3.8) is 0 Å². The monoisotopic (exact) mass is 268 g/mol. The number of allylic oxidation sites excluding steroid dienone is 1. The molecule has 0 aromatic carbocycles. The van der Waals surface area contributed by atoms with Crippen molar-refractivity contribution in [1.82, 2.24) is 9.80 Å². The van der Waals surface area contributed by atoms with Crippen LogP contribution in [-0.2, 0) is 9.59 Å². The molecule has 1 saturated heterocycles. The molecule has 1 fully saturated rings. The van der Waals surface area contributed by atoms with Crippen molar-refractivity contribution in [1.29, 1.82) is 0 Å². The van der Waals surface area contributed by atoms with E-state index in [1.54, 1.807) is 13.0 Å². The smallest absolute Gasteiger partial charge is 0.307 e. The van der Waals surface area contributed by atoms with Crippen LogP contribution in [-0.4, -0.2) is 59.5 Å². The van der Waals surface area contributed by atoms with E-state index in [0.717, 1.165) is 31.6 Å². The Hall–Kier alpha value is -1.36. The number of amides is 1. The first-order valence-electron chi connectivity index (χ1n) is 6.79. The van der Waals surface area contributed by atoms with Gasteiger partial charge in [-0.1, -0.05) is 12.5 Å². The molecule has 1 amide bonds. The topological polar surface area (TPSA) is 60.9 Å². The molecule has 0 radical (unpaired) electrons. The second kappa shape index (κ2) is 7.28. The maximum Gasteiger partial charge on any atom is 0.307 e. The molecule has 5 nitrogen and oxygen atoms in total. The molecule has 19 heavy (non-hydrogen) atoms. The molecule has 0 saturated carbocycles. The molecule has 1 atom stereocenters. The van der Waals surface area contributed by atoms with E-state index in [-0.39, 0.29) is 11.8 Å². The summed E-state index contributed by atoms with van der Waals surface area (Å²) in [6, 6.07) is 0. The molecule has 5 heteroatoms. The largest absolute Gasteiger partial charge is 0.481 e. The van der Waals surface area contributed by atoms with E-state index in [1.165, 1.54) is 0 Å². The molecular formula is C14H24N2O3. The second-order valence-corrected chi connectivity index (χ2v) is 5.44. The molecule has 1 aliphatic rings. The Bertz CT molecular complexity index is 362. The summed E-state index contributed by atoms with van der Waals surface area (Å²) in [6.07, 6.45) is 2.56. The minimum atomic E-state index is -0.762. The van der Waals surface area contributed by atoms with Gasteiger partial charge in [0.15, 0.2) is 0 Å². The quantitative estimate of drug-likeness (QED) is 0.779. The van der Waals surface area contributed by atoms with E-state index in [0.29, 0.717) is 13.1 Å². The molecular weight excluding hydrogens is 244 g/mol. The van der Waals surface area contributed by atoms with Gasteiger partial charge in [-0.15, -0.1) is 0 Å². The molecule has 0 aromatic heterocycles. The third-order valence-corrected chi connectivity index (χ3v) is 3.27. The van der Waals surface area contributed by atoms with Crippen molar-refractivity contribution in [2.24, 2.45) is 5.92 Å². The molecule has 1 N–H and O–H groups in total. The van der Waals surface area contributed by atoms with Gasteiger partial charge in [-0.05, 0) is 26.8 Å². The highest BCUT2D eigenvalue weighted by Gasteiger charge is 2.21. The molecule has 1 aliphatic heterocycles. The third-order valence-electron chi connectivity index (χ3n) is 3.27. The summed E-state index contributed by atoms with van der Waals surface area (Å²) in [6.45, 7) is 9.14. The van der Waals surface area contributed by atoms with E-state index in [2.05, 4.69) is 4.90 Å². The van der Waals surface area contributed by atoms with Crippen molar-refractivity contribution in [3.05, 3.63) is 11.6 Å². The summed E-state index contributed by atoms with van der Waals surface area (Å²) in [5.41, 5.74) is 1.01. The first kappa shape index (κ1) is 15.7. The number of nitrogens with zero attached hydrogens (tertiary/aromatic N) is 2. The van der Waals surface area contributed by atoms with Crippen LogP contribution in [0.15, 0.2) is 11.6 Å². The normalized spacial score (nSPS) is 18.6. The van der Waals surface area contributed by atoms with Crippen molar-refractivity contribution in [2.45, 2.75) is 27.2 Å². The molecule has 0 aromatic rings. The van der Waals surface area contributed by atoms with Crippen LogP contribution in [0.1, 0.15) is 27.2 Å². The van der Waals surface area contributed by atoms with Gasteiger partial charge in [-0.3, -0.25) is 9.59 Å². The molecule has 108 valence electrons. The summed E-state index contributed by atoms with van der Waals surface area (Å²) in [7, 11) is 0. The van der Waals surface area contributed by atoms with Crippen LogP contribution in [0.3, 0.4) is 0 Å². The SMILES string of the molecule is CC(C)=CC(=O)N1CCCN(CC(C)C(=O)O)CC1. The van der Waals surface area contributed by atoms with Crippen molar-refractivity contribution >= 4 is 11.9 Å². The van der Waals surface area contributed by atoms with Gasteiger partial charge in [0, 0.05) is 32.3 Å². The fourth-order valence-corrected chi connectivity index (χ4v) is 2.18. The first-order chi connectivity index (χ1) is 8.90. The Labute approximate surface area is 114 Å². The highest BCUT2D eigenvalue weighted by molar-refractivity contribution is 5.88. The molecule has 1 rings (SSSR count). The lowest BCUT2D eigenvalue weighted by molar-refractivity contribution is -0.141. The fourth-order valence-electron chi connectivity index (χ4n) is 2.18. The lowest BCUT2D eigenvalue weighted by Crippen LogP contribution is -2.36. The average molecular weight is 268 g/mol. The Morgan fingerprint density at radius 3 is 2.47 bits per heavy atom. The number of carboxylic acid groups (broad SMARTS) is 1. The molecule has 0 aliphatic carbocycles. The van der Waals surface area contributed by atoms with Gasteiger partial charge in [0.05, 0.1) is 5.92 Å². The standard InChI is InChI=1S/C14H24N2O3/c1-11(2)9-13(17)16-6-4-5-15(7-8-16)10-12(3)14(18)19/h9,12H,4-8,10H2,1-3H3,(H,18,19). The number of hydrogen-bond donors (Lipinski definition) is 1. The zero-order chi connectivity index (χ0) is 14.4. The number of carboxylic acids is 1.